The summed E-state index contributed by atoms with van der Waals surface area (Å²) in [5, 5.41) is 0. The molecule has 7 heteroatoms. The molecule has 1 aromatic carbocycles. The molecule has 2 rings (SSSR count). The first kappa shape index (κ1) is 13.2. The highest BCUT2D eigenvalue weighted by Gasteiger charge is 2.26. The Morgan fingerprint density at radius 2 is 1.68 bits per heavy atom. The number of aryl methyl sites for hydroxylation is 1. The normalized spacial score (nSPS) is 11.0. The number of anilines is 1. The summed E-state index contributed by atoms with van der Waals surface area (Å²) in [6, 6.07) is 7.71. The van der Waals surface area contributed by atoms with E-state index in [1.807, 2.05) is 6.92 Å². The van der Waals surface area contributed by atoms with Crippen LogP contribution in [0.25, 0.3) is 0 Å². The van der Waals surface area contributed by atoms with Gasteiger partial charge in [0.15, 0.2) is 0 Å². The molecule has 0 unspecified atom stereocenters. The third-order valence-electron chi connectivity index (χ3n) is 2.42. The Morgan fingerprint density at radius 3 is 2.21 bits per heavy atom. The van der Waals surface area contributed by atoms with Crippen molar-refractivity contribution in [1.82, 2.24) is 9.97 Å². The lowest BCUT2D eigenvalue weighted by molar-refractivity contribution is -0.106. The van der Waals surface area contributed by atoms with E-state index >= 15 is 0 Å². The van der Waals surface area contributed by atoms with Crippen LogP contribution >= 0.6 is 0 Å². The molecule has 2 aromatic rings. The number of nitrogens with zero attached hydrogens (tertiary/aromatic N) is 3. The van der Waals surface area contributed by atoms with Crippen LogP contribution in [-0.2, 0) is 14.8 Å². The molecule has 0 fully saturated rings. The predicted molar refractivity (Wildman–Crippen MR) is 68.9 cm³/mol. The van der Waals surface area contributed by atoms with Crippen molar-refractivity contribution in [2.24, 2.45) is 0 Å². The number of sulfonamides is 1. The van der Waals surface area contributed by atoms with Crippen molar-refractivity contribution in [3.8, 4) is 0 Å². The lowest BCUT2D eigenvalue weighted by Crippen LogP contribution is -2.31. The summed E-state index contributed by atoms with van der Waals surface area (Å²) in [6.07, 6.45) is 2.91. The maximum absolute atomic E-state index is 12.3. The molecule has 0 aliphatic rings. The molecular formula is C12H11N3O3S. The highest BCUT2D eigenvalue weighted by atomic mass is 32.2. The van der Waals surface area contributed by atoms with Gasteiger partial charge in [-0.05, 0) is 25.1 Å². The van der Waals surface area contributed by atoms with Gasteiger partial charge in [-0.25, -0.2) is 18.4 Å². The van der Waals surface area contributed by atoms with Crippen LogP contribution in [0.3, 0.4) is 0 Å². The second kappa shape index (κ2) is 5.15. The number of benzene rings is 1. The minimum atomic E-state index is -3.98. The smallest absolute Gasteiger partial charge is 0.273 e. The number of hydrogen-bond acceptors (Lipinski definition) is 5. The molecule has 1 aromatic heterocycles. The average Bonchev–Trinajstić information content (AvgIpc) is 2.41. The summed E-state index contributed by atoms with van der Waals surface area (Å²) in [6.45, 7) is 1.84. The molecule has 0 aliphatic carbocycles. The van der Waals surface area contributed by atoms with Gasteiger partial charge >= 0.3 is 0 Å². The summed E-state index contributed by atoms with van der Waals surface area (Å²) in [5.74, 6) is -0.182. The van der Waals surface area contributed by atoms with E-state index in [4.69, 9.17) is 0 Å². The molecule has 0 aliphatic heterocycles. The molecule has 0 atom stereocenters. The van der Waals surface area contributed by atoms with E-state index in [9.17, 15) is 13.2 Å². The molecule has 19 heavy (non-hydrogen) atoms. The van der Waals surface area contributed by atoms with Gasteiger partial charge in [-0.15, -0.1) is 0 Å². The zero-order chi connectivity index (χ0) is 13.9. The fourth-order valence-corrected chi connectivity index (χ4v) is 2.57. The van der Waals surface area contributed by atoms with E-state index in [2.05, 4.69) is 9.97 Å². The maximum atomic E-state index is 12.3. The van der Waals surface area contributed by atoms with Crippen molar-refractivity contribution < 1.29 is 13.2 Å². The Hall–Kier alpha value is -2.28. The highest BCUT2D eigenvalue weighted by Crippen LogP contribution is 2.18. The third kappa shape index (κ3) is 2.60. The maximum Gasteiger partial charge on any atom is 0.273 e. The van der Waals surface area contributed by atoms with E-state index in [-0.39, 0.29) is 17.3 Å². The van der Waals surface area contributed by atoms with E-state index in [1.54, 1.807) is 12.1 Å². The Balaban J connectivity index is 2.48. The minimum absolute atomic E-state index is 0.0117. The van der Waals surface area contributed by atoms with Gasteiger partial charge in [-0.1, -0.05) is 17.7 Å². The van der Waals surface area contributed by atoms with E-state index in [0.717, 1.165) is 5.56 Å². The molecular weight excluding hydrogens is 266 g/mol. The highest BCUT2D eigenvalue weighted by molar-refractivity contribution is 7.93. The summed E-state index contributed by atoms with van der Waals surface area (Å²) in [5.41, 5.74) is 0.924. The van der Waals surface area contributed by atoms with E-state index in [0.29, 0.717) is 4.31 Å². The second-order valence-electron chi connectivity index (χ2n) is 3.77. The van der Waals surface area contributed by atoms with Crippen molar-refractivity contribution in [3.05, 3.63) is 48.3 Å². The quantitative estimate of drug-likeness (QED) is 0.783. The van der Waals surface area contributed by atoms with Crippen LogP contribution in [0, 0.1) is 6.92 Å². The molecule has 0 N–H and O–H groups in total. The zero-order valence-corrected chi connectivity index (χ0v) is 10.9. The molecule has 0 radical (unpaired) electrons. The molecule has 0 bridgehead atoms. The predicted octanol–water partition coefficient (Wildman–Crippen LogP) is 1.14. The Kier molecular flexibility index (Phi) is 3.57. The van der Waals surface area contributed by atoms with Crippen molar-refractivity contribution in [3.63, 3.8) is 0 Å². The Bertz CT molecular complexity index is 669. The Labute approximate surface area is 110 Å². The molecule has 0 saturated heterocycles. The number of hydrogen-bond donors (Lipinski definition) is 0. The van der Waals surface area contributed by atoms with Crippen LogP contribution < -0.4 is 4.31 Å². The first-order valence-electron chi connectivity index (χ1n) is 5.39. The largest absolute Gasteiger partial charge is 0.277 e. The Morgan fingerprint density at radius 1 is 1.11 bits per heavy atom. The van der Waals surface area contributed by atoms with Crippen molar-refractivity contribution >= 4 is 22.4 Å². The fourth-order valence-electron chi connectivity index (χ4n) is 1.44. The van der Waals surface area contributed by atoms with Gasteiger partial charge in [0.2, 0.25) is 12.4 Å². The number of carbonyl (C=O) groups excluding carboxylic acids is 1. The van der Waals surface area contributed by atoms with Crippen LogP contribution in [-0.4, -0.2) is 24.8 Å². The SMILES string of the molecule is Cc1ccc(S(=O)(=O)N(C=O)c2ncccn2)cc1. The molecule has 0 spiro atoms. The number of aromatic nitrogens is 2. The average molecular weight is 277 g/mol. The molecule has 0 saturated carbocycles. The van der Waals surface area contributed by atoms with Crippen LogP contribution in [0.2, 0.25) is 0 Å². The van der Waals surface area contributed by atoms with Gasteiger partial charge < -0.3 is 0 Å². The van der Waals surface area contributed by atoms with Crippen LogP contribution in [0.15, 0.2) is 47.6 Å². The topological polar surface area (TPSA) is 80.2 Å². The van der Waals surface area contributed by atoms with Gasteiger partial charge in [-0.3, -0.25) is 4.79 Å². The van der Waals surface area contributed by atoms with Gasteiger partial charge in [-0.2, -0.15) is 4.31 Å². The van der Waals surface area contributed by atoms with Gasteiger partial charge in [0.05, 0.1) is 4.90 Å². The number of rotatable bonds is 4. The number of carbonyl (C=O) groups is 1. The van der Waals surface area contributed by atoms with Crippen LogP contribution in [0.5, 0.6) is 0 Å². The van der Waals surface area contributed by atoms with Crippen molar-refractivity contribution in [2.75, 3.05) is 4.31 Å². The lowest BCUT2D eigenvalue weighted by Gasteiger charge is -2.15. The third-order valence-corrected chi connectivity index (χ3v) is 4.06. The molecule has 1 amide bonds. The molecule has 6 nitrogen and oxygen atoms in total. The standard InChI is InChI=1S/C12H11N3O3S/c1-10-3-5-11(6-4-10)19(17,18)15(9-16)12-13-7-2-8-14-12/h2-9H,1H3. The fraction of sp³-hybridized carbons (Fsp3) is 0.0833. The van der Waals surface area contributed by atoms with E-state index in [1.165, 1.54) is 30.6 Å². The van der Waals surface area contributed by atoms with Gasteiger partial charge in [0, 0.05) is 12.4 Å². The van der Waals surface area contributed by atoms with E-state index < -0.39 is 10.0 Å². The summed E-state index contributed by atoms with van der Waals surface area (Å²) >= 11 is 0. The number of amides is 1. The lowest BCUT2D eigenvalue weighted by atomic mass is 10.2. The summed E-state index contributed by atoms with van der Waals surface area (Å²) in [4.78, 5) is 18.6. The second-order valence-corrected chi connectivity index (χ2v) is 5.58. The zero-order valence-electron chi connectivity index (χ0n) is 10.1. The van der Waals surface area contributed by atoms with Crippen molar-refractivity contribution in [1.29, 1.82) is 0 Å². The molecule has 1 heterocycles. The van der Waals surface area contributed by atoms with Crippen LogP contribution in [0.1, 0.15) is 5.56 Å². The first-order chi connectivity index (χ1) is 9.05. The summed E-state index contributed by atoms with van der Waals surface area (Å²) < 4.78 is 25.1. The van der Waals surface area contributed by atoms with Crippen LogP contribution in [0.4, 0.5) is 5.95 Å². The summed E-state index contributed by atoms with van der Waals surface area (Å²) in [7, 11) is -3.98. The minimum Gasteiger partial charge on any atom is -0.277 e. The molecule has 98 valence electrons. The van der Waals surface area contributed by atoms with Gasteiger partial charge in [0.1, 0.15) is 0 Å². The monoisotopic (exact) mass is 277 g/mol. The first-order valence-corrected chi connectivity index (χ1v) is 6.83. The van der Waals surface area contributed by atoms with Crippen molar-refractivity contribution in [2.45, 2.75) is 11.8 Å². The van der Waals surface area contributed by atoms with Gasteiger partial charge in [0.25, 0.3) is 10.0 Å².